The van der Waals surface area contributed by atoms with Crippen LogP contribution in [0.15, 0.2) is 36.4 Å². The normalized spacial score (nSPS) is 10.3. The van der Waals surface area contributed by atoms with Gasteiger partial charge in [-0.25, -0.2) is 9.78 Å². The van der Waals surface area contributed by atoms with Gasteiger partial charge in [0.15, 0.2) is 0 Å². The van der Waals surface area contributed by atoms with Gasteiger partial charge in [-0.1, -0.05) is 41.9 Å². The van der Waals surface area contributed by atoms with E-state index in [9.17, 15) is 9.90 Å². The summed E-state index contributed by atoms with van der Waals surface area (Å²) < 4.78 is 0.603. The molecule has 0 spiro atoms. The summed E-state index contributed by atoms with van der Waals surface area (Å²) in [5.41, 5.74) is 1.72. The van der Waals surface area contributed by atoms with E-state index >= 15 is 0 Å². The van der Waals surface area contributed by atoms with E-state index in [1.807, 2.05) is 52.9 Å². The van der Waals surface area contributed by atoms with Crippen molar-refractivity contribution in [2.24, 2.45) is 0 Å². The standard InChI is InChI=1S/C13H9ClINO2/c14-11-7-9(15)12(13(17)18)10(16-11)6-8-4-2-1-3-5-8/h1-5,7H,6H2,(H,17,18). The van der Waals surface area contributed by atoms with Crippen molar-refractivity contribution in [1.29, 1.82) is 0 Å². The minimum absolute atomic E-state index is 0.226. The van der Waals surface area contributed by atoms with Crippen molar-refractivity contribution in [3.05, 3.63) is 61.9 Å². The highest BCUT2D eigenvalue weighted by Crippen LogP contribution is 2.22. The summed E-state index contributed by atoms with van der Waals surface area (Å²) in [5, 5.41) is 9.54. The highest BCUT2D eigenvalue weighted by molar-refractivity contribution is 14.1. The number of carbonyl (C=O) groups is 1. The molecule has 1 heterocycles. The average Bonchev–Trinajstić information content (AvgIpc) is 2.28. The third-order valence-electron chi connectivity index (χ3n) is 2.44. The Kier molecular flexibility index (Phi) is 4.19. The molecule has 0 saturated heterocycles. The van der Waals surface area contributed by atoms with E-state index in [-0.39, 0.29) is 5.56 Å². The summed E-state index contributed by atoms with van der Waals surface area (Å²) >= 11 is 7.85. The van der Waals surface area contributed by atoms with Gasteiger partial charge in [-0.3, -0.25) is 0 Å². The van der Waals surface area contributed by atoms with Gasteiger partial charge in [-0.15, -0.1) is 0 Å². The minimum atomic E-state index is -0.977. The summed E-state index contributed by atoms with van der Waals surface area (Å²) in [7, 11) is 0. The second-order valence-electron chi connectivity index (χ2n) is 3.72. The summed E-state index contributed by atoms with van der Waals surface area (Å²) in [6, 6.07) is 11.1. The molecule has 0 atom stereocenters. The van der Waals surface area contributed by atoms with E-state index in [4.69, 9.17) is 11.6 Å². The van der Waals surface area contributed by atoms with E-state index < -0.39 is 5.97 Å². The Labute approximate surface area is 123 Å². The van der Waals surface area contributed by atoms with Gasteiger partial charge in [0.1, 0.15) is 5.15 Å². The molecule has 18 heavy (non-hydrogen) atoms. The predicted octanol–water partition coefficient (Wildman–Crippen LogP) is 3.63. The number of hydrogen-bond donors (Lipinski definition) is 1. The molecule has 5 heteroatoms. The summed E-state index contributed by atoms with van der Waals surface area (Å²) in [4.78, 5) is 15.4. The molecule has 0 aliphatic heterocycles. The van der Waals surface area contributed by atoms with Crippen LogP contribution in [-0.4, -0.2) is 16.1 Å². The average molecular weight is 374 g/mol. The van der Waals surface area contributed by atoms with E-state index in [2.05, 4.69) is 4.98 Å². The van der Waals surface area contributed by atoms with Crippen LogP contribution in [0.4, 0.5) is 0 Å². The lowest BCUT2D eigenvalue weighted by Gasteiger charge is -2.08. The minimum Gasteiger partial charge on any atom is -0.478 e. The van der Waals surface area contributed by atoms with Crippen molar-refractivity contribution < 1.29 is 9.90 Å². The number of halogens is 2. The van der Waals surface area contributed by atoms with Gasteiger partial charge in [0.25, 0.3) is 0 Å². The first-order chi connectivity index (χ1) is 8.58. The predicted molar refractivity (Wildman–Crippen MR) is 78.2 cm³/mol. The molecule has 1 N–H and O–H groups in total. The Morgan fingerprint density at radius 1 is 1.33 bits per heavy atom. The molecule has 0 bridgehead atoms. The van der Waals surface area contributed by atoms with Crippen molar-refractivity contribution in [2.75, 3.05) is 0 Å². The molecule has 0 amide bonds. The zero-order valence-corrected chi connectivity index (χ0v) is 12.1. The number of aromatic nitrogens is 1. The third kappa shape index (κ3) is 3.00. The number of nitrogens with zero attached hydrogens (tertiary/aromatic N) is 1. The number of hydrogen-bond acceptors (Lipinski definition) is 2. The lowest BCUT2D eigenvalue weighted by molar-refractivity contribution is 0.0694. The largest absolute Gasteiger partial charge is 0.478 e. The molecule has 3 nitrogen and oxygen atoms in total. The fourth-order valence-electron chi connectivity index (χ4n) is 1.67. The molecular weight excluding hydrogens is 365 g/mol. The quantitative estimate of drug-likeness (QED) is 0.660. The molecular formula is C13H9ClINO2. The maximum atomic E-state index is 11.3. The zero-order valence-electron chi connectivity index (χ0n) is 9.23. The SMILES string of the molecule is O=C(O)c1c(I)cc(Cl)nc1Cc1ccccc1. The number of pyridine rings is 1. The first-order valence-electron chi connectivity index (χ1n) is 5.20. The highest BCUT2D eigenvalue weighted by Gasteiger charge is 2.17. The summed E-state index contributed by atoms with van der Waals surface area (Å²) in [6.45, 7) is 0. The summed E-state index contributed by atoms with van der Waals surface area (Å²) in [6.07, 6.45) is 0.457. The fourth-order valence-corrected chi connectivity index (χ4v) is 2.91. The van der Waals surface area contributed by atoms with E-state index in [0.717, 1.165) is 5.56 Å². The third-order valence-corrected chi connectivity index (χ3v) is 3.49. The first-order valence-corrected chi connectivity index (χ1v) is 6.65. The van der Waals surface area contributed by atoms with Crippen molar-refractivity contribution in [1.82, 2.24) is 4.98 Å². The van der Waals surface area contributed by atoms with Gasteiger partial charge < -0.3 is 5.11 Å². The molecule has 0 saturated carbocycles. The maximum Gasteiger partial charge on any atom is 0.338 e. The Morgan fingerprint density at radius 3 is 2.61 bits per heavy atom. The van der Waals surface area contributed by atoms with Gasteiger partial charge in [-0.2, -0.15) is 0 Å². The van der Waals surface area contributed by atoms with Crippen molar-refractivity contribution >= 4 is 40.2 Å². The monoisotopic (exact) mass is 373 g/mol. The number of rotatable bonds is 3. The van der Waals surface area contributed by atoms with Crippen LogP contribution in [0.3, 0.4) is 0 Å². The van der Waals surface area contributed by atoms with Gasteiger partial charge in [0.2, 0.25) is 0 Å². The lowest BCUT2D eigenvalue weighted by atomic mass is 10.1. The topological polar surface area (TPSA) is 50.2 Å². The Hall–Kier alpha value is -1.14. The smallest absolute Gasteiger partial charge is 0.338 e. The summed E-state index contributed by atoms with van der Waals surface area (Å²) in [5.74, 6) is -0.977. The maximum absolute atomic E-state index is 11.3. The number of benzene rings is 1. The first kappa shape index (κ1) is 13.3. The van der Waals surface area contributed by atoms with Crippen LogP contribution >= 0.6 is 34.2 Å². The van der Waals surface area contributed by atoms with E-state index in [0.29, 0.717) is 20.8 Å². The van der Waals surface area contributed by atoms with E-state index in [1.54, 1.807) is 6.07 Å². The number of carboxylic acids is 1. The Bertz CT molecular complexity index is 587. The molecule has 0 aliphatic carbocycles. The fraction of sp³-hybridized carbons (Fsp3) is 0.0769. The van der Waals surface area contributed by atoms with Gasteiger partial charge in [0.05, 0.1) is 11.3 Å². The van der Waals surface area contributed by atoms with Crippen LogP contribution in [0.1, 0.15) is 21.6 Å². The second kappa shape index (κ2) is 5.67. The molecule has 0 unspecified atom stereocenters. The Balaban J connectivity index is 2.46. The number of carboxylic acid groups (broad SMARTS) is 1. The molecule has 0 fully saturated rings. The van der Waals surface area contributed by atoms with Crippen LogP contribution in [0.25, 0.3) is 0 Å². The molecule has 1 aromatic carbocycles. The van der Waals surface area contributed by atoms with Gasteiger partial charge >= 0.3 is 5.97 Å². The zero-order chi connectivity index (χ0) is 13.1. The van der Waals surface area contributed by atoms with Crippen LogP contribution in [0.5, 0.6) is 0 Å². The van der Waals surface area contributed by atoms with Crippen LogP contribution in [-0.2, 0) is 6.42 Å². The highest BCUT2D eigenvalue weighted by atomic mass is 127. The Morgan fingerprint density at radius 2 is 2.00 bits per heavy atom. The van der Waals surface area contributed by atoms with Crippen molar-refractivity contribution in [2.45, 2.75) is 6.42 Å². The van der Waals surface area contributed by atoms with Crippen LogP contribution < -0.4 is 0 Å². The molecule has 2 aromatic rings. The van der Waals surface area contributed by atoms with Crippen LogP contribution in [0.2, 0.25) is 5.15 Å². The lowest BCUT2D eigenvalue weighted by Crippen LogP contribution is -2.08. The molecule has 92 valence electrons. The van der Waals surface area contributed by atoms with Crippen LogP contribution in [0, 0.1) is 3.57 Å². The second-order valence-corrected chi connectivity index (χ2v) is 5.27. The van der Waals surface area contributed by atoms with Crippen molar-refractivity contribution in [3.8, 4) is 0 Å². The molecule has 0 aliphatic rings. The van der Waals surface area contributed by atoms with Gasteiger partial charge in [-0.05, 0) is 34.2 Å². The van der Waals surface area contributed by atoms with Crippen molar-refractivity contribution in [3.63, 3.8) is 0 Å². The molecule has 2 rings (SSSR count). The van der Waals surface area contributed by atoms with E-state index in [1.165, 1.54) is 0 Å². The molecule has 1 aromatic heterocycles. The van der Waals surface area contributed by atoms with Gasteiger partial charge in [0, 0.05) is 9.99 Å². The molecule has 0 radical (unpaired) electrons. The number of aromatic carboxylic acids is 1.